The number of hydrogen-bond donors (Lipinski definition) is 0. The molecule has 1 saturated heterocycles. The van der Waals surface area contributed by atoms with Gasteiger partial charge in [0.2, 0.25) is 5.89 Å². The van der Waals surface area contributed by atoms with Gasteiger partial charge in [0.25, 0.3) is 5.91 Å². The van der Waals surface area contributed by atoms with Crippen molar-refractivity contribution in [1.29, 1.82) is 0 Å². The van der Waals surface area contributed by atoms with Crippen molar-refractivity contribution in [3.8, 4) is 0 Å². The molecule has 0 spiro atoms. The second-order valence-electron chi connectivity index (χ2n) is 7.16. The molecule has 1 aliphatic carbocycles. The Morgan fingerprint density at radius 2 is 2.12 bits per heavy atom. The zero-order valence-corrected chi connectivity index (χ0v) is 15.2. The topological polar surface area (TPSA) is 94.5 Å². The van der Waals surface area contributed by atoms with Gasteiger partial charge in [0, 0.05) is 32.0 Å². The lowest BCUT2D eigenvalue weighted by atomic mass is 10.1. The van der Waals surface area contributed by atoms with Crippen molar-refractivity contribution < 1.29 is 18.6 Å². The molecular weight excluding hydrogens is 336 g/mol. The molecule has 8 heteroatoms. The molecule has 8 nitrogen and oxygen atoms in total. The van der Waals surface area contributed by atoms with Crippen LogP contribution in [0, 0.1) is 6.92 Å². The number of carbonyl (C=O) groups excluding carboxylic acids is 1. The second kappa shape index (κ2) is 7.19. The van der Waals surface area contributed by atoms with Gasteiger partial charge in [0.15, 0.2) is 11.5 Å². The molecule has 0 bridgehead atoms. The summed E-state index contributed by atoms with van der Waals surface area (Å²) in [5, 5.41) is 8.05. The molecule has 140 valence electrons. The molecule has 26 heavy (non-hydrogen) atoms. The zero-order chi connectivity index (χ0) is 18.1. The van der Waals surface area contributed by atoms with E-state index in [4.69, 9.17) is 13.8 Å². The Hall–Kier alpha value is -2.22. The third-order valence-corrected chi connectivity index (χ3v) is 5.23. The van der Waals surface area contributed by atoms with Crippen LogP contribution in [0.25, 0.3) is 0 Å². The minimum atomic E-state index is -0.0804. The first-order valence-corrected chi connectivity index (χ1v) is 9.25. The number of amides is 1. The zero-order valence-electron chi connectivity index (χ0n) is 15.2. The third-order valence-electron chi connectivity index (χ3n) is 5.23. The van der Waals surface area contributed by atoms with E-state index in [1.165, 1.54) is 0 Å². The average Bonchev–Trinajstić information content (AvgIpc) is 3.05. The first kappa shape index (κ1) is 17.2. The largest absolute Gasteiger partial charge is 0.380 e. The predicted octanol–water partition coefficient (Wildman–Crippen LogP) is 2.63. The number of rotatable bonds is 7. The lowest BCUT2D eigenvalue weighted by molar-refractivity contribution is 0.0715. The van der Waals surface area contributed by atoms with E-state index in [0.717, 1.165) is 55.9 Å². The fraction of sp³-hybridized carbons (Fsp3) is 0.667. The molecule has 2 aliphatic rings. The molecule has 1 aliphatic heterocycles. The summed E-state index contributed by atoms with van der Waals surface area (Å²) in [5.74, 6) is 2.52. The number of nitrogens with zero attached hydrogens (tertiary/aromatic N) is 4. The van der Waals surface area contributed by atoms with Gasteiger partial charge in [-0.25, -0.2) is 0 Å². The smallest absolute Gasteiger partial charge is 0.276 e. The minimum absolute atomic E-state index is 0.0804. The third kappa shape index (κ3) is 3.38. The summed E-state index contributed by atoms with van der Waals surface area (Å²) in [6.07, 6.45) is 5.81. The van der Waals surface area contributed by atoms with E-state index in [9.17, 15) is 4.79 Å². The standard InChI is InChI=1S/C18H24N4O4/c1-11-14(10-24-2)16(21-25-11)18(23)22-9-3-4-13(22)7-8-15-19-17(26-20-15)12-5-6-12/h12-13H,3-10H2,1-2H3. The van der Waals surface area contributed by atoms with E-state index in [1.54, 1.807) is 14.0 Å². The van der Waals surface area contributed by atoms with Gasteiger partial charge in [-0.1, -0.05) is 10.3 Å². The Morgan fingerprint density at radius 3 is 2.88 bits per heavy atom. The quantitative estimate of drug-likeness (QED) is 0.749. The van der Waals surface area contributed by atoms with E-state index in [1.807, 2.05) is 4.90 Å². The van der Waals surface area contributed by atoms with Crippen LogP contribution in [0.5, 0.6) is 0 Å². The van der Waals surface area contributed by atoms with Crippen LogP contribution in [0.15, 0.2) is 9.05 Å². The summed E-state index contributed by atoms with van der Waals surface area (Å²) in [4.78, 5) is 19.4. The van der Waals surface area contributed by atoms with Crippen LogP contribution in [-0.4, -0.2) is 45.8 Å². The van der Waals surface area contributed by atoms with Crippen LogP contribution >= 0.6 is 0 Å². The van der Waals surface area contributed by atoms with E-state index in [-0.39, 0.29) is 11.9 Å². The molecule has 1 unspecified atom stereocenters. The number of aromatic nitrogens is 3. The van der Waals surface area contributed by atoms with Gasteiger partial charge < -0.3 is 18.7 Å². The van der Waals surface area contributed by atoms with Crippen molar-refractivity contribution >= 4 is 5.91 Å². The molecular formula is C18H24N4O4. The molecule has 1 saturated carbocycles. The van der Waals surface area contributed by atoms with Crippen molar-refractivity contribution in [1.82, 2.24) is 20.2 Å². The van der Waals surface area contributed by atoms with Crippen LogP contribution in [0.3, 0.4) is 0 Å². The molecule has 4 rings (SSSR count). The fourth-order valence-corrected chi connectivity index (χ4v) is 3.57. The van der Waals surface area contributed by atoms with Crippen molar-refractivity contribution in [2.75, 3.05) is 13.7 Å². The summed E-state index contributed by atoms with van der Waals surface area (Å²) >= 11 is 0. The molecule has 2 aromatic heterocycles. The van der Waals surface area contributed by atoms with Crippen molar-refractivity contribution in [2.24, 2.45) is 0 Å². The van der Waals surface area contributed by atoms with Gasteiger partial charge >= 0.3 is 0 Å². The average molecular weight is 360 g/mol. The summed E-state index contributed by atoms with van der Waals surface area (Å²) in [7, 11) is 1.60. The molecule has 0 aromatic carbocycles. The number of carbonyl (C=O) groups is 1. The maximum atomic E-state index is 13.0. The van der Waals surface area contributed by atoms with Gasteiger partial charge in [-0.05, 0) is 39.0 Å². The second-order valence-corrected chi connectivity index (χ2v) is 7.16. The highest BCUT2D eigenvalue weighted by Crippen LogP contribution is 2.39. The normalized spacial score (nSPS) is 20.1. The first-order chi connectivity index (χ1) is 12.7. The number of aryl methyl sites for hydroxylation is 2. The Bertz CT molecular complexity index is 780. The Kier molecular flexibility index (Phi) is 4.76. The van der Waals surface area contributed by atoms with Gasteiger partial charge in [-0.3, -0.25) is 4.79 Å². The van der Waals surface area contributed by atoms with Gasteiger partial charge in [-0.2, -0.15) is 4.98 Å². The maximum Gasteiger partial charge on any atom is 0.276 e. The molecule has 0 N–H and O–H groups in total. The van der Waals surface area contributed by atoms with Gasteiger partial charge in [0.05, 0.1) is 12.2 Å². The highest BCUT2D eigenvalue weighted by molar-refractivity contribution is 5.94. The maximum absolute atomic E-state index is 13.0. The number of methoxy groups -OCH3 is 1. The summed E-state index contributed by atoms with van der Waals surface area (Å²) in [6, 6.07) is 0.165. The monoisotopic (exact) mass is 360 g/mol. The van der Waals surface area contributed by atoms with Gasteiger partial charge in [-0.15, -0.1) is 0 Å². The minimum Gasteiger partial charge on any atom is -0.380 e. The van der Waals surface area contributed by atoms with Crippen LogP contribution in [-0.2, 0) is 17.8 Å². The summed E-state index contributed by atoms with van der Waals surface area (Å²) < 4.78 is 15.7. The lowest BCUT2D eigenvalue weighted by Crippen LogP contribution is -2.36. The Labute approximate surface area is 151 Å². The molecule has 1 atom stereocenters. The van der Waals surface area contributed by atoms with Crippen LogP contribution in [0.4, 0.5) is 0 Å². The number of ether oxygens (including phenoxy) is 1. The van der Waals surface area contributed by atoms with Crippen LogP contribution in [0.2, 0.25) is 0 Å². The summed E-state index contributed by atoms with van der Waals surface area (Å²) in [6.45, 7) is 2.86. The SMILES string of the molecule is COCc1c(C(=O)N2CCCC2CCc2noc(C3CC3)n2)noc1C. The van der Waals surface area contributed by atoms with Gasteiger partial charge in [0.1, 0.15) is 5.76 Å². The molecule has 2 aromatic rings. The van der Waals surface area contributed by atoms with Crippen molar-refractivity contribution in [3.05, 3.63) is 28.7 Å². The Morgan fingerprint density at radius 1 is 1.27 bits per heavy atom. The van der Waals surface area contributed by atoms with E-state index in [0.29, 0.717) is 30.4 Å². The van der Waals surface area contributed by atoms with E-state index < -0.39 is 0 Å². The highest BCUT2D eigenvalue weighted by Gasteiger charge is 2.33. The number of hydrogen-bond acceptors (Lipinski definition) is 7. The first-order valence-electron chi connectivity index (χ1n) is 9.25. The predicted molar refractivity (Wildman–Crippen MR) is 90.6 cm³/mol. The number of likely N-dealkylation sites (tertiary alicyclic amines) is 1. The highest BCUT2D eigenvalue weighted by atomic mass is 16.5. The summed E-state index contributed by atoms with van der Waals surface area (Å²) in [5.41, 5.74) is 1.10. The van der Waals surface area contributed by atoms with Crippen molar-refractivity contribution in [3.63, 3.8) is 0 Å². The van der Waals surface area contributed by atoms with E-state index >= 15 is 0 Å². The molecule has 1 amide bonds. The van der Waals surface area contributed by atoms with Crippen molar-refractivity contribution in [2.45, 2.75) is 64.0 Å². The molecule has 0 radical (unpaired) electrons. The fourth-order valence-electron chi connectivity index (χ4n) is 3.57. The van der Waals surface area contributed by atoms with E-state index in [2.05, 4.69) is 15.3 Å². The lowest BCUT2D eigenvalue weighted by Gasteiger charge is -2.23. The van der Waals surface area contributed by atoms with Crippen LogP contribution < -0.4 is 0 Å². The van der Waals surface area contributed by atoms with Crippen LogP contribution in [0.1, 0.15) is 71.5 Å². The molecule has 2 fully saturated rings. The Balaban J connectivity index is 1.41. The molecule has 3 heterocycles.